The average Bonchev–Trinajstić information content (AvgIpc) is 2.29. The highest BCUT2D eigenvalue weighted by molar-refractivity contribution is 5.75. The first-order valence-electron chi connectivity index (χ1n) is 5.11. The number of aliphatic hydroxyl groups is 4. The van der Waals surface area contributed by atoms with Crippen molar-refractivity contribution >= 4 is 5.91 Å². The van der Waals surface area contributed by atoms with Crippen molar-refractivity contribution in [2.24, 2.45) is 0 Å². The van der Waals surface area contributed by atoms with Crippen LogP contribution in [0.5, 0.6) is 0 Å². The normalized spacial score (nSPS) is 39.4. The number of nitrogens with one attached hydrogen (secondary N) is 1. The molecule has 1 heterocycles. The van der Waals surface area contributed by atoms with Crippen molar-refractivity contribution < 1.29 is 30.0 Å². The number of ether oxygens (including phenoxy) is 1. The molecule has 0 radical (unpaired) electrons. The first-order valence-corrected chi connectivity index (χ1v) is 5.11. The van der Waals surface area contributed by atoms with E-state index in [0.717, 1.165) is 0 Å². The lowest BCUT2D eigenvalue weighted by atomic mass is 9.98. The molecule has 0 unspecified atom stereocenters. The molecule has 1 aliphatic heterocycles. The third kappa shape index (κ3) is 2.69. The van der Waals surface area contributed by atoms with E-state index in [1.54, 1.807) is 6.92 Å². The molecule has 5 atom stereocenters. The van der Waals surface area contributed by atoms with Crippen LogP contribution in [-0.4, -0.2) is 63.6 Å². The predicted octanol–water partition coefficient (Wildman–Crippen LogP) is -2.69. The molecule has 16 heavy (non-hydrogen) atoms. The Labute approximate surface area is 92.7 Å². The number of amides is 1. The summed E-state index contributed by atoms with van der Waals surface area (Å²) in [7, 11) is 0. The summed E-state index contributed by atoms with van der Waals surface area (Å²) in [6.45, 7) is 1.11. The predicted molar refractivity (Wildman–Crippen MR) is 52.2 cm³/mol. The molecule has 0 spiro atoms. The van der Waals surface area contributed by atoms with Crippen LogP contribution in [0.4, 0.5) is 0 Å². The SMILES string of the molecule is CCC(=O)N[C@@H]1O[C@@H](CO)[C@@H](O)[C@@H](O)[C@H]1O. The van der Waals surface area contributed by atoms with Crippen LogP contribution in [0.1, 0.15) is 13.3 Å². The van der Waals surface area contributed by atoms with E-state index in [-0.39, 0.29) is 12.3 Å². The summed E-state index contributed by atoms with van der Waals surface area (Å²) in [5.41, 5.74) is 0. The van der Waals surface area contributed by atoms with Gasteiger partial charge >= 0.3 is 0 Å². The summed E-state index contributed by atoms with van der Waals surface area (Å²) < 4.78 is 5.06. The highest BCUT2D eigenvalue weighted by atomic mass is 16.6. The van der Waals surface area contributed by atoms with Crippen LogP contribution in [0.3, 0.4) is 0 Å². The topological polar surface area (TPSA) is 119 Å². The Balaban J connectivity index is 2.67. The maximum Gasteiger partial charge on any atom is 0.221 e. The molecule has 5 N–H and O–H groups in total. The van der Waals surface area contributed by atoms with Crippen molar-refractivity contribution in [3.63, 3.8) is 0 Å². The zero-order valence-corrected chi connectivity index (χ0v) is 8.91. The fraction of sp³-hybridized carbons (Fsp3) is 0.889. The third-order valence-electron chi connectivity index (χ3n) is 2.52. The molecule has 7 heteroatoms. The van der Waals surface area contributed by atoms with Gasteiger partial charge in [0.1, 0.15) is 24.4 Å². The Morgan fingerprint density at radius 2 is 1.88 bits per heavy atom. The van der Waals surface area contributed by atoms with Crippen molar-refractivity contribution in [3.8, 4) is 0 Å². The van der Waals surface area contributed by atoms with Gasteiger partial charge in [0.15, 0.2) is 6.23 Å². The molecule has 1 aliphatic rings. The molecule has 1 rings (SSSR count). The van der Waals surface area contributed by atoms with Crippen molar-refractivity contribution in [3.05, 3.63) is 0 Å². The molecule has 94 valence electrons. The van der Waals surface area contributed by atoms with Gasteiger partial charge in [0, 0.05) is 6.42 Å². The fourth-order valence-electron chi connectivity index (χ4n) is 1.48. The van der Waals surface area contributed by atoms with E-state index in [9.17, 15) is 20.1 Å². The number of carbonyl (C=O) groups is 1. The number of aliphatic hydroxyl groups excluding tert-OH is 4. The van der Waals surface area contributed by atoms with Crippen LogP contribution in [0, 0.1) is 0 Å². The smallest absolute Gasteiger partial charge is 0.221 e. The molecule has 7 nitrogen and oxygen atoms in total. The largest absolute Gasteiger partial charge is 0.394 e. The van der Waals surface area contributed by atoms with Crippen LogP contribution in [-0.2, 0) is 9.53 Å². The van der Waals surface area contributed by atoms with Gasteiger partial charge in [0.25, 0.3) is 0 Å². The Bertz CT molecular complexity index is 246. The van der Waals surface area contributed by atoms with Gasteiger partial charge < -0.3 is 30.5 Å². The van der Waals surface area contributed by atoms with E-state index in [1.807, 2.05) is 0 Å². The second kappa shape index (κ2) is 5.55. The summed E-state index contributed by atoms with van der Waals surface area (Å²) in [6.07, 6.45) is -6.21. The van der Waals surface area contributed by atoms with Crippen LogP contribution in [0.2, 0.25) is 0 Å². The van der Waals surface area contributed by atoms with Crippen molar-refractivity contribution in [1.29, 1.82) is 0 Å². The molecular weight excluding hydrogens is 218 g/mol. The highest BCUT2D eigenvalue weighted by Gasteiger charge is 2.43. The molecule has 0 aromatic carbocycles. The summed E-state index contributed by atoms with van der Waals surface area (Å²) in [4.78, 5) is 11.1. The second-order valence-electron chi connectivity index (χ2n) is 3.67. The molecule has 0 saturated carbocycles. The van der Waals surface area contributed by atoms with E-state index < -0.39 is 37.3 Å². The maximum absolute atomic E-state index is 11.1. The minimum Gasteiger partial charge on any atom is -0.394 e. The van der Waals surface area contributed by atoms with E-state index in [0.29, 0.717) is 0 Å². The molecule has 0 aromatic heterocycles. The molecule has 1 amide bonds. The molecule has 1 fully saturated rings. The van der Waals surface area contributed by atoms with Crippen LogP contribution < -0.4 is 5.32 Å². The van der Waals surface area contributed by atoms with Gasteiger partial charge in [0.05, 0.1) is 6.61 Å². The van der Waals surface area contributed by atoms with Gasteiger partial charge in [-0.3, -0.25) is 4.79 Å². The highest BCUT2D eigenvalue weighted by Crippen LogP contribution is 2.19. The lowest BCUT2D eigenvalue weighted by Gasteiger charge is -2.40. The minimum absolute atomic E-state index is 0.203. The van der Waals surface area contributed by atoms with Crippen molar-refractivity contribution in [2.45, 2.75) is 44.0 Å². The van der Waals surface area contributed by atoms with Gasteiger partial charge in [-0.05, 0) is 0 Å². The number of carbonyl (C=O) groups excluding carboxylic acids is 1. The van der Waals surface area contributed by atoms with Gasteiger partial charge in [-0.25, -0.2) is 0 Å². The monoisotopic (exact) mass is 235 g/mol. The summed E-state index contributed by atoms with van der Waals surface area (Å²) >= 11 is 0. The number of rotatable bonds is 3. The van der Waals surface area contributed by atoms with E-state index in [4.69, 9.17) is 9.84 Å². The zero-order chi connectivity index (χ0) is 12.3. The van der Waals surface area contributed by atoms with E-state index in [2.05, 4.69) is 5.32 Å². The van der Waals surface area contributed by atoms with Gasteiger partial charge in [-0.2, -0.15) is 0 Å². The Kier molecular flexibility index (Phi) is 4.63. The number of hydrogen-bond acceptors (Lipinski definition) is 6. The summed E-state index contributed by atoms with van der Waals surface area (Å²) in [6, 6.07) is 0. The van der Waals surface area contributed by atoms with Crippen LogP contribution in [0.25, 0.3) is 0 Å². The third-order valence-corrected chi connectivity index (χ3v) is 2.52. The van der Waals surface area contributed by atoms with Gasteiger partial charge in [-0.15, -0.1) is 0 Å². The van der Waals surface area contributed by atoms with Crippen LogP contribution in [0.15, 0.2) is 0 Å². The molecular formula is C9H17NO6. The number of hydrogen-bond donors (Lipinski definition) is 5. The van der Waals surface area contributed by atoms with Crippen molar-refractivity contribution in [2.75, 3.05) is 6.61 Å². The quantitative estimate of drug-likeness (QED) is 0.363. The minimum atomic E-state index is -1.46. The fourth-order valence-corrected chi connectivity index (χ4v) is 1.48. The first-order chi connectivity index (χ1) is 7.51. The lowest BCUT2D eigenvalue weighted by Crippen LogP contribution is -2.63. The molecule has 1 saturated heterocycles. The van der Waals surface area contributed by atoms with Crippen molar-refractivity contribution in [1.82, 2.24) is 5.32 Å². The molecule has 0 aliphatic carbocycles. The van der Waals surface area contributed by atoms with Gasteiger partial charge in [0.2, 0.25) is 5.91 Å². The van der Waals surface area contributed by atoms with Crippen LogP contribution >= 0.6 is 0 Å². The second-order valence-corrected chi connectivity index (χ2v) is 3.67. The Morgan fingerprint density at radius 1 is 1.25 bits per heavy atom. The first kappa shape index (κ1) is 13.3. The molecule has 0 bridgehead atoms. The average molecular weight is 235 g/mol. The molecule has 0 aromatic rings. The van der Waals surface area contributed by atoms with E-state index >= 15 is 0 Å². The zero-order valence-electron chi connectivity index (χ0n) is 8.91. The lowest BCUT2D eigenvalue weighted by molar-refractivity contribution is -0.235. The summed E-state index contributed by atoms with van der Waals surface area (Å²) in [5.74, 6) is -0.357. The maximum atomic E-state index is 11.1. The Hall–Kier alpha value is -0.730. The standard InChI is InChI=1S/C9H17NO6/c1-2-5(12)10-9-8(15)7(14)6(13)4(3-11)16-9/h4,6-9,11,13-15H,2-3H2,1H3,(H,10,12)/t4-,6+,7+,8+,9+/m0/s1. The van der Waals surface area contributed by atoms with Gasteiger partial charge in [-0.1, -0.05) is 6.92 Å². The Morgan fingerprint density at radius 3 is 2.38 bits per heavy atom. The van der Waals surface area contributed by atoms with E-state index in [1.165, 1.54) is 0 Å². The summed E-state index contributed by atoms with van der Waals surface area (Å²) in [5, 5.41) is 39.6.